The SMILES string of the molecule is O=C(NCCNC(=O)c1cccc(=S)n1O)OCc1ccc(OC(F)(F)F)cc1. The van der Waals surface area contributed by atoms with Gasteiger partial charge in [0.2, 0.25) is 0 Å². The number of nitrogens with one attached hydrogen (secondary N) is 2. The molecule has 2 rings (SSSR count). The Morgan fingerprint density at radius 2 is 1.72 bits per heavy atom. The van der Waals surface area contributed by atoms with Gasteiger partial charge in [0.1, 0.15) is 22.7 Å². The van der Waals surface area contributed by atoms with Crippen LogP contribution in [0.25, 0.3) is 0 Å². The molecule has 0 bridgehead atoms. The quantitative estimate of drug-likeness (QED) is 0.354. The molecule has 0 aliphatic heterocycles. The molecular weight excluding hydrogens is 415 g/mol. The molecule has 29 heavy (non-hydrogen) atoms. The Bertz CT molecular complexity index is 916. The summed E-state index contributed by atoms with van der Waals surface area (Å²) < 4.78 is 45.5. The largest absolute Gasteiger partial charge is 0.573 e. The van der Waals surface area contributed by atoms with Gasteiger partial charge in [-0.3, -0.25) is 4.79 Å². The zero-order chi connectivity index (χ0) is 21.4. The van der Waals surface area contributed by atoms with E-state index in [4.69, 9.17) is 17.0 Å². The van der Waals surface area contributed by atoms with Crippen molar-refractivity contribution in [1.29, 1.82) is 0 Å². The van der Waals surface area contributed by atoms with E-state index in [9.17, 15) is 28.0 Å². The molecule has 0 saturated carbocycles. The summed E-state index contributed by atoms with van der Waals surface area (Å²) in [4.78, 5) is 23.5. The molecule has 12 heteroatoms. The molecular formula is C17H16F3N3O5S. The molecule has 0 spiro atoms. The van der Waals surface area contributed by atoms with Crippen LogP contribution in [0.15, 0.2) is 42.5 Å². The Hall–Kier alpha value is -3.28. The third-order valence-electron chi connectivity index (χ3n) is 3.37. The van der Waals surface area contributed by atoms with Crippen LogP contribution < -0.4 is 15.4 Å². The molecule has 0 fully saturated rings. The number of amides is 2. The first-order chi connectivity index (χ1) is 13.7. The minimum Gasteiger partial charge on any atom is -0.445 e. The average molecular weight is 431 g/mol. The summed E-state index contributed by atoms with van der Waals surface area (Å²) in [5.74, 6) is -0.970. The summed E-state index contributed by atoms with van der Waals surface area (Å²) in [5, 5.41) is 14.5. The van der Waals surface area contributed by atoms with Crippen molar-refractivity contribution in [3.05, 3.63) is 58.4 Å². The molecule has 3 N–H and O–H groups in total. The molecule has 0 saturated heterocycles. The predicted octanol–water partition coefficient (Wildman–Crippen LogP) is 3.01. The minimum absolute atomic E-state index is 0.0436. The van der Waals surface area contributed by atoms with Gasteiger partial charge < -0.3 is 25.3 Å². The summed E-state index contributed by atoms with van der Waals surface area (Å²) >= 11 is 4.83. The molecule has 8 nitrogen and oxygen atoms in total. The lowest BCUT2D eigenvalue weighted by Crippen LogP contribution is -2.35. The smallest absolute Gasteiger partial charge is 0.445 e. The lowest BCUT2D eigenvalue weighted by molar-refractivity contribution is -0.274. The predicted molar refractivity (Wildman–Crippen MR) is 96.1 cm³/mol. The maximum Gasteiger partial charge on any atom is 0.573 e. The van der Waals surface area contributed by atoms with Crippen LogP contribution in [0, 0.1) is 4.64 Å². The second kappa shape index (κ2) is 9.78. The van der Waals surface area contributed by atoms with Gasteiger partial charge in [-0.25, -0.2) is 4.79 Å². The maximum absolute atomic E-state index is 12.1. The third-order valence-corrected chi connectivity index (χ3v) is 3.68. The Labute approximate surface area is 167 Å². The molecule has 1 aromatic heterocycles. The van der Waals surface area contributed by atoms with Crippen molar-refractivity contribution in [2.75, 3.05) is 13.1 Å². The monoisotopic (exact) mass is 431 g/mol. The Morgan fingerprint density at radius 3 is 2.38 bits per heavy atom. The van der Waals surface area contributed by atoms with Crippen LogP contribution >= 0.6 is 12.2 Å². The number of ether oxygens (including phenoxy) is 2. The van der Waals surface area contributed by atoms with E-state index < -0.39 is 18.4 Å². The van der Waals surface area contributed by atoms with E-state index >= 15 is 0 Å². The molecule has 2 aromatic rings. The van der Waals surface area contributed by atoms with Gasteiger partial charge in [0.25, 0.3) is 5.91 Å². The highest BCUT2D eigenvalue weighted by atomic mass is 32.1. The standard InChI is InChI=1S/C17H16F3N3O5S/c18-17(19,20)28-12-6-4-11(5-7-12)10-27-16(25)22-9-8-21-15(24)13-2-1-3-14(29)23(13)26/h1-7,26H,8-10H2,(H,21,24)(H,22,25). The number of alkyl halides is 3. The van der Waals surface area contributed by atoms with Crippen LogP contribution in [0.3, 0.4) is 0 Å². The van der Waals surface area contributed by atoms with Gasteiger partial charge in [-0.1, -0.05) is 30.4 Å². The zero-order valence-corrected chi connectivity index (χ0v) is 15.5. The molecule has 0 atom stereocenters. The van der Waals surface area contributed by atoms with Gasteiger partial charge in [0.15, 0.2) is 0 Å². The van der Waals surface area contributed by atoms with Crippen LogP contribution in [-0.2, 0) is 11.3 Å². The fourth-order valence-electron chi connectivity index (χ4n) is 2.07. The highest BCUT2D eigenvalue weighted by Gasteiger charge is 2.30. The van der Waals surface area contributed by atoms with Gasteiger partial charge in [-0.2, -0.15) is 4.73 Å². The fraction of sp³-hybridized carbons (Fsp3) is 0.235. The lowest BCUT2D eigenvalue weighted by atomic mass is 10.2. The molecule has 0 radical (unpaired) electrons. The molecule has 1 heterocycles. The van der Waals surface area contributed by atoms with Gasteiger partial charge in [-0.15, -0.1) is 13.2 Å². The first-order valence-corrected chi connectivity index (χ1v) is 8.51. The third kappa shape index (κ3) is 7.33. The first kappa shape index (κ1) is 22.0. The lowest BCUT2D eigenvalue weighted by Gasteiger charge is -2.10. The normalized spacial score (nSPS) is 10.9. The second-order valence-electron chi connectivity index (χ2n) is 5.51. The van der Waals surface area contributed by atoms with Crippen molar-refractivity contribution >= 4 is 24.2 Å². The molecule has 0 unspecified atom stereocenters. The van der Waals surface area contributed by atoms with Crippen molar-refractivity contribution in [1.82, 2.24) is 15.4 Å². The molecule has 2 amide bonds. The molecule has 0 aliphatic rings. The van der Waals surface area contributed by atoms with Crippen LogP contribution in [0.1, 0.15) is 16.1 Å². The first-order valence-electron chi connectivity index (χ1n) is 8.10. The van der Waals surface area contributed by atoms with Crippen molar-refractivity contribution in [2.24, 2.45) is 0 Å². The highest BCUT2D eigenvalue weighted by Crippen LogP contribution is 2.22. The number of carbonyl (C=O) groups is 2. The van der Waals surface area contributed by atoms with E-state index in [-0.39, 0.29) is 35.8 Å². The number of pyridine rings is 1. The van der Waals surface area contributed by atoms with Gasteiger partial charge in [-0.05, 0) is 29.8 Å². The summed E-state index contributed by atoms with van der Waals surface area (Å²) in [7, 11) is 0. The minimum atomic E-state index is -4.78. The van der Waals surface area contributed by atoms with E-state index in [0.29, 0.717) is 10.3 Å². The molecule has 156 valence electrons. The Kier molecular flexibility index (Phi) is 7.42. The van der Waals surface area contributed by atoms with Crippen LogP contribution in [0.4, 0.5) is 18.0 Å². The second-order valence-corrected chi connectivity index (χ2v) is 5.93. The van der Waals surface area contributed by atoms with E-state index in [0.717, 1.165) is 12.1 Å². The van der Waals surface area contributed by atoms with Gasteiger partial charge in [0, 0.05) is 13.1 Å². The Balaban J connectivity index is 1.69. The van der Waals surface area contributed by atoms with Crippen LogP contribution in [-0.4, -0.2) is 41.4 Å². The summed E-state index contributed by atoms with van der Waals surface area (Å²) in [6.45, 7) is -0.0678. The number of nitrogens with zero attached hydrogens (tertiary/aromatic N) is 1. The number of carbonyl (C=O) groups excluding carboxylic acids is 2. The maximum atomic E-state index is 12.1. The van der Waals surface area contributed by atoms with Crippen LogP contribution in [0.2, 0.25) is 0 Å². The van der Waals surface area contributed by atoms with Gasteiger partial charge >= 0.3 is 12.5 Å². The fourth-order valence-corrected chi connectivity index (χ4v) is 2.25. The van der Waals surface area contributed by atoms with Crippen molar-refractivity contribution < 1.29 is 37.4 Å². The topological polar surface area (TPSA) is 102 Å². The number of hydrogen-bond donors (Lipinski definition) is 3. The number of benzene rings is 1. The van der Waals surface area contributed by atoms with Gasteiger partial charge in [0.05, 0.1) is 0 Å². The molecule has 1 aromatic carbocycles. The summed E-state index contributed by atoms with van der Waals surface area (Å²) in [6.07, 6.45) is -5.56. The number of halogens is 3. The van der Waals surface area contributed by atoms with E-state index in [2.05, 4.69) is 15.4 Å². The number of hydrogen-bond acceptors (Lipinski definition) is 6. The van der Waals surface area contributed by atoms with Crippen LogP contribution in [0.5, 0.6) is 5.75 Å². The van der Waals surface area contributed by atoms with E-state index in [1.165, 1.54) is 30.3 Å². The highest BCUT2D eigenvalue weighted by molar-refractivity contribution is 7.71. The van der Waals surface area contributed by atoms with Crippen molar-refractivity contribution in [3.8, 4) is 5.75 Å². The van der Waals surface area contributed by atoms with Crippen molar-refractivity contribution in [3.63, 3.8) is 0 Å². The number of aromatic nitrogens is 1. The zero-order valence-electron chi connectivity index (χ0n) is 14.7. The summed E-state index contributed by atoms with van der Waals surface area (Å²) in [6, 6.07) is 9.19. The average Bonchev–Trinajstić information content (AvgIpc) is 2.65. The summed E-state index contributed by atoms with van der Waals surface area (Å²) in [5.41, 5.74) is 0.400. The number of rotatable bonds is 7. The van der Waals surface area contributed by atoms with E-state index in [1.807, 2.05) is 0 Å². The Morgan fingerprint density at radius 1 is 1.07 bits per heavy atom. The number of alkyl carbamates (subject to hydrolysis) is 1. The van der Waals surface area contributed by atoms with E-state index in [1.54, 1.807) is 0 Å². The van der Waals surface area contributed by atoms with Crippen molar-refractivity contribution in [2.45, 2.75) is 13.0 Å². The molecule has 0 aliphatic carbocycles.